The number of hydrogen-bond acceptors (Lipinski definition) is 7. The van der Waals surface area contributed by atoms with Gasteiger partial charge in [-0.05, 0) is 66.4 Å². The Bertz CT molecular complexity index is 1560. The average Bonchev–Trinajstić information content (AvgIpc) is 3.35. The fraction of sp³-hybridized carbons (Fsp3) is 0.267. The third kappa shape index (κ3) is 4.71. The Kier molecular flexibility index (Phi) is 7.83. The first kappa shape index (κ1) is 27.7. The van der Waals surface area contributed by atoms with Crippen LogP contribution in [0.3, 0.4) is 0 Å². The molecule has 0 bridgehead atoms. The lowest BCUT2D eigenvalue weighted by Crippen LogP contribution is -2.41. The Morgan fingerprint density at radius 3 is 2.17 bits per heavy atom. The van der Waals surface area contributed by atoms with Crippen LogP contribution in [0.4, 0.5) is 0 Å². The van der Waals surface area contributed by atoms with Gasteiger partial charge in [-0.1, -0.05) is 40.5 Å². The Hall–Kier alpha value is -3.88. The molecule has 2 heterocycles. The molecular formula is C30H28Cl2N2O6. The number of carbonyl (C=O) groups excluding carboxylic acids is 1. The van der Waals surface area contributed by atoms with Gasteiger partial charge in [0.2, 0.25) is 0 Å². The van der Waals surface area contributed by atoms with Crippen LogP contribution in [0.1, 0.15) is 38.9 Å². The van der Waals surface area contributed by atoms with Crippen molar-refractivity contribution in [3.8, 4) is 34.3 Å². The average molecular weight is 583 g/mol. The zero-order chi connectivity index (χ0) is 28.6. The SMILES string of the molecule is COc1ccc([C@@H]2c3cc(OC)c(OC)cc3CCN2C(=O)c2c(-c3c(Cl)cccc3Cl)noc2C)cc1OC. The van der Waals surface area contributed by atoms with Crippen molar-refractivity contribution >= 4 is 29.1 Å². The smallest absolute Gasteiger partial charge is 0.260 e. The van der Waals surface area contributed by atoms with Crippen molar-refractivity contribution in [2.45, 2.75) is 19.4 Å². The summed E-state index contributed by atoms with van der Waals surface area (Å²) in [6.07, 6.45) is 0.595. The summed E-state index contributed by atoms with van der Waals surface area (Å²) >= 11 is 13.0. The molecule has 0 aliphatic carbocycles. The number of carbonyl (C=O) groups is 1. The van der Waals surface area contributed by atoms with Crippen molar-refractivity contribution in [1.82, 2.24) is 10.1 Å². The predicted octanol–water partition coefficient (Wildman–Crippen LogP) is 6.78. The first-order valence-corrected chi connectivity index (χ1v) is 13.3. The number of fused-ring (bicyclic) bond motifs is 1. The first-order chi connectivity index (χ1) is 19.3. The monoisotopic (exact) mass is 582 g/mol. The van der Waals surface area contributed by atoms with Gasteiger partial charge in [-0.15, -0.1) is 0 Å². The number of aromatic nitrogens is 1. The third-order valence-electron chi connectivity index (χ3n) is 7.13. The molecule has 10 heteroatoms. The van der Waals surface area contributed by atoms with Crippen LogP contribution < -0.4 is 18.9 Å². The van der Waals surface area contributed by atoms with Crippen molar-refractivity contribution in [2.75, 3.05) is 35.0 Å². The fourth-order valence-electron chi connectivity index (χ4n) is 5.21. The molecule has 5 rings (SSSR count). The van der Waals surface area contributed by atoms with Gasteiger partial charge in [0.05, 0.1) is 44.5 Å². The van der Waals surface area contributed by atoms with E-state index < -0.39 is 6.04 Å². The number of methoxy groups -OCH3 is 4. The van der Waals surface area contributed by atoms with E-state index in [-0.39, 0.29) is 5.91 Å². The zero-order valence-corrected chi connectivity index (χ0v) is 24.2. The van der Waals surface area contributed by atoms with Gasteiger partial charge in [0, 0.05) is 12.1 Å². The second-order valence-electron chi connectivity index (χ2n) is 9.23. The topological polar surface area (TPSA) is 83.3 Å². The van der Waals surface area contributed by atoms with E-state index >= 15 is 0 Å². The number of aryl methyl sites for hydroxylation is 1. The summed E-state index contributed by atoms with van der Waals surface area (Å²) in [5.41, 5.74) is 3.79. The molecule has 0 unspecified atom stereocenters. The van der Waals surface area contributed by atoms with Gasteiger partial charge in [-0.25, -0.2) is 0 Å². The summed E-state index contributed by atoms with van der Waals surface area (Å²) in [6, 6.07) is 14.1. The van der Waals surface area contributed by atoms with Crippen molar-refractivity contribution in [3.05, 3.63) is 86.6 Å². The molecule has 0 spiro atoms. The van der Waals surface area contributed by atoms with E-state index in [4.69, 9.17) is 46.7 Å². The Morgan fingerprint density at radius 2 is 1.52 bits per heavy atom. The number of hydrogen-bond donors (Lipinski definition) is 0. The van der Waals surface area contributed by atoms with Gasteiger partial charge in [0.25, 0.3) is 5.91 Å². The molecule has 0 N–H and O–H groups in total. The molecule has 1 amide bonds. The highest BCUT2D eigenvalue weighted by Gasteiger charge is 2.37. The Balaban J connectivity index is 1.70. The number of benzene rings is 3. The maximum absolute atomic E-state index is 14.5. The van der Waals surface area contributed by atoms with Crippen molar-refractivity contribution in [2.24, 2.45) is 0 Å². The van der Waals surface area contributed by atoms with Crippen LogP contribution in [0.15, 0.2) is 53.1 Å². The summed E-state index contributed by atoms with van der Waals surface area (Å²) < 4.78 is 27.8. The van der Waals surface area contributed by atoms with E-state index in [2.05, 4.69) is 5.16 Å². The van der Waals surface area contributed by atoms with E-state index in [1.54, 1.807) is 58.5 Å². The molecule has 4 aromatic rings. The number of ether oxygens (including phenoxy) is 4. The van der Waals surface area contributed by atoms with Crippen LogP contribution in [0.5, 0.6) is 23.0 Å². The van der Waals surface area contributed by atoms with E-state index in [1.807, 2.05) is 30.3 Å². The van der Waals surface area contributed by atoms with Crippen molar-refractivity contribution in [3.63, 3.8) is 0 Å². The lowest BCUT2D eigenvalue weighted by Gasteiger charge is -2.38. The van der Waals surface area contributed by atoms with Gasteiger partial charge in [0.15, 0.2) is 23.0 Å². The quantitative estimate of drug-likeness (QED) is 0.237. The molecule has 1 atom stereocenters. The number of amides is 1. The summed E-state index contributed by atoms with van der Waals surface area (Å²) in [6.45, 7) is 2.12. The lowest BCUT2D eigenvalue weighted by molar-refractivity contribution is 0.0693. The molecule has 3 aromatic carbocycles. The number of nitrogens with zero attached hydrogens (tertiary/aromatic N) is 2. The maximum atomic E-state index is 14.5. The van der Waals surface area contributed by atoms with Crippen LogP contribution in [0, 0.1) is 6.92 Å². The van der Waals surface area contributed by atoms with Gasteiger partial charge < -0.3 is 28.4 Å². The second kappa shape index (κ2) is 11.3. The van der Waals surface area contributed by atoms with Gasteiger partial charge in [-0.3, -0.25) is 4.79 Å². The highest BCUT2D eigenvalue weighted by atomic mass is 35.5. The highest BCUT2D eigenvalue weighted by Crippen LogP contribution is 2.45. The predicted molar refractivity (Wildman–Crippen MR) is 152 cm³/mol. The second-order valence-corrected chi connectivity index (χ2v) is 10.0. The van der Waals surface area contributed by atoms with E-state index in [9.17, 15) is 4.79 Å². The van der Waals surface area contributed by atoms with Crippen LogP contribution in [0.2, 0.25) is 10.0 Å². The van der Waals surface area contributed by atoms with Gasteiger partial charge in [-0.2, -0.15) is 0 Å². The van der Waals surface area contributed by atoms with Crippen LogP contribution >= 0.6 is 23.2 Å². The molecule has 1 aromatic heterocycles. The highest BCUT2D eigenvalue weighted by molar-refractivity contribution is 6.39. The van der Waals surface area contributed by atoms with E-state index in [0.29, 0.717) is 68.6 Å². The minimum absolute atomic E-state index is 0.273. The maximum Gasteiger partial charge on any atom is 0.260 e. The minimum atomic E-state index is -0.500. The summed E-state index contributed by atoms with van der Waals surface area (Å²) in [5, 5.41) is 4.94. The summed E-state index contributed by atoms with van der Waals surface area (Å²) in [4.78, 5) is 16.3. The molecule has 0 radical (unpaired) electrons. The third-order valence-corrected chi connectivity index (χ3v) is 7.76. The largest absolute Gasteiger partial charge is 0.493 e. The van der Waals surface area contributed by atoms with Crippen LogP contribution in [-0.4, -0.2) is 50.9 Å². The van der Waals surface area contributed by atoms with Crippen molar-refractivity contribution in [1.29, 1.82) is 0 Å². The lowest BCUT2D eigenvalue weighted by atomic mass is 9.86. The molecule has 40 heavy (non-hydrogen) atoms. The fourth-order valence-corrected chi connectivity index (χ4v) is 5.79. The molecule has 1 aliphatic heterocycles. The number of halogens is 2. The normalized spacial score (nSPS) is 14.5. The van der Waals surface area contributed by atoms with Gasteiger partial charge in [0.1, 0.15) is 17.0 Å². The minimum Gasteiger partial charge on any atom is -0.493 e. The Morgan fingerprint density at radius 1 is 0.900 bits per heavy atom. The molecule has 8 nitrogen and oxygen atoms in total. The number of rotatable bonds is 7. The molecule has 0 fully saturated rings. The van der Waals surface area contributed by atoms with Gasteiger partial charge >= 0.3 is 0 Å². The van der Waals surface area contributed by atoms with E-state index in [0.717, 1.165) is 16.7 Å². The standard InChI is InChI=1S/C30H28Cl2N2O6/c1-16-26(28(33-40-16)27-20(31)7-6-8-21(27)32)30(35)34-12-11-17-13-24(38-4)25(39-5)15-19(17)29(34)18-9-10-22(36-2)23(14-18)37-3/h6-10,13-15,29H,11-12H2,1-5H3/t29-/m1/s1. The van der Waals surface area contributed by atoms with Crippen LogP contribution in [0.25, 0.3) is 11.3 Å². The summed E-state index contributed by atoms with van der Waals surface area (Å²) in [7, 11) is 6.34. The van der Waals surface area contributed by atoms with Crippen molar-refractivity contribution < 1.29 is 28.3 Å². The molecule has 1 aliphatic rings. The zero-order valence-electron chi connectivity index (χ0n) is 22.7. The molecular weight excluding hydrogens is 555 g/mol. The molecule has 0 saturated heterocycles. The van der Waals surface area contributed by atoms with E-state index in [1.165, 1.54) is 0 Å². The molecule has 208 valence electrons. The first-order valence-electron chi connectivity index (χ1n) is 12.5. The van der Waals surface area contributed by atoms with Crippen LogP contribution in [-0.2, 0) is 6.42 Å². The summed E-state index contributed by atoms with van der Waals surface area (Å²) in [5.74, 6) is 2.40. The Labute approximate surface area is 242 Å². The molecule has 0 saturated carbocycles.